The van der Waals surface area contributed by atoms with Crippen LogP contribution in [0.3, 0.4) is 0 Å². The topological polar surface area (TPSA) is 104 Å². The summed E-state index contributed by atoms with van der Waals surface area (Å²) in [6.45, 7) is 0. The Labute approximate surface area is 158 Å². The number of benzene rings is 1. The third-order valence-corrected chi connectivity index (χ3v) is 4.89. The van der Waals surface area contributed by atoms with Gasteiger partial charge in [-0.05, 0) is 24.4 Å². The molecule has 0 saturated heterocycles. The summed E-state index contributed by atoms with van der Waals surface area (Å²) < 4.78 is 34.4. The first-order valence-corrected chi connectivity index (χ1v) is 8.62. The number of aromatic nitrogens is 3. The van der Waals surface area contributed by atoms with Crippen molar-refractivity contribution in [1.29, 1.82) is 0 Å². The van der Waals surface area contributed by atoms with E-state index in [0.717, 1.165) is 28.4 Å². The van der Waals surface area contributed by atoms with Crippen molar-refractivity contribution in [3.05, 3.63) is 54.3 Å². The van der Waals surface area contributed by atoms with Gasteiger partial charge in [-0.1, -0.05) is 11.6 Å². The van der Waals surface area contributed by atoms with Crippen LogP contribution in [0.5, 0.6) is 0 Å². The molecule has 0 aliphatic heterocycles. The van der Waals surface area contributed by atoms with Crippen LogP contribution >= 0.6 is 23.8 Å². The minimum atomic E-state index is -2.15. The molecule has 26 heavy (non-hydrogen) atoms. The number of hydrogen-bond donors (Lipinski definition) is 1. The van der Waals surface area contributed by atoms with Gasteiger partial charge in [0.1, 0.15) is 5.82 Å². The van der Waals surface area contributed by atoms with Crippen LogP contribution in [-0.4, -0.2) is 30.9 Å². The fraction of sp³-hybridized carbons (Fsp3) is 0.231. The van der Waals surface area contributed by atoms with Crippen molar-refractivity contribution in [2.75, 3.05) is 7.11 Å². The van der Waals surface area contributed by atoms with Crippen molar-refractivity contribution in [1.82, 2.24) is 18.4 Å². The van der Waals surface area contributed by atoms with Crippen LogP contribution in [-0.2, 0) is 29.5 Å². The van der Waals surface area contributed by atoms with E-state index < -0.39 is 40.1 Å². The van der Waals surface area contributed by atoms with E-state index in [-0.39, 0.29) is 15.4 Å². The molecule has 9 nitrogen and oxygen atoms in total. The summed E-state index contributed by atoms with van der Waals surface area (Å²) in [6, 6.07) is 1.65. The Morgan fingerprint density at radius 1 is 1.27 bits per heavy atom. The molecule has 1 heterocycles. The normalized spacial score (nSPS) is 12.0. The average Bonchev–Trinajstić information content (AvgIpc) is 2.59. The predicted molar refractivity (Wildman–Crippen MR) is 94.7 cm³/mol. The summed E-state index contributed by atoms with van der Waals surface area (Å²) >= 11 is 8.65. The van der Waals surface area contributed by atoms with Crippen molar-refractivity contribution >= 4 is 41.0 Å². The van der Waals surface area contributed by atoms with E-state index in [1.54, 1.807) is 0 Å². The SMILES string of the molecule is COS(=O)NC(=O)c1cc(-n2c(=O)n(C)c(=S)n(C)c2=O)c(F)cc1Cl. The van der Waals surface area contributed by atoms with E-state index in [4.69, 9.17) is 23.8 Å². The highest BCUT2D eigenvalue weighted by atomic mass is 35.5. The maximum Gasteiger partial charge on any atom is 0.338 e. The lowest BCUT2D eigenvalue weighted by Gasteiger charge is -2.13. The molecular weight excluding hydrogens is 411 g/mol. The van der Waals surface area contributed by atoms with Gasteiger partial charge >= 0.3 is 11.4 Å². The summed E-state index contributed by atoms with van der Waals surface area (Å²) in [5.74, 6) is -1.97. The number of hydrogen-bond acceptors (Lipinski definition) is 6. The molecule has 13 heteroatoms. The fourth-order valence-corrected chi connectivity index (χ4v) is 2.77. The minimum absolute atomic E-state index is 0.0703. The van der Waals surface area contributed by atoms with Gasteiger partial charge in [-0.25, -0.2) is 27.5 Å². The third kappa shape index (κ3) is 3.53. The molecule has 0 spiro atoms. The van der Waals surface area contributed by atoms with Crippen LogP contribution in [0.4, 0.5) is 4.39 Å². The zero-order valence-corrected chi connectivity index (χ0v) is 16.0. The predicted octanol–water partition coefficient (Wildman–Crippen LogP) is 0.352. The number of carbonyl (C=O) groups excluding carboxylic acids is 1. The van der Waals surface area contributed by atoms with Crippen molar-refractivity contribution in [3.63, 3.8) is 0 Å². The Balaban J connectivity index is 2.78. The van der Waals surface area contributed by atoms with E-state index in [9.17, 15) is 23.0 Å². The molecule has 1 N–H and O–H groups in total. The molecule has 1 amide bonds. The first kappa shape index (κ1) is 20.2. The monoisotopic (exact) mass is 422 g/mol. The van der Waals surface area contributed by atoms with Gasteiger partial charge in [0.05, 0.1) is 23.4 Å². The number of halogens is 2. The second-order valence-corrected chi connectivity index (χ2v) is 6.70. The lowest BCUT2D eigenvalue weighted by Crippen LogP contribution is -2.44. The molecule has 1 atom stereocenters. The highest BCUT2D eigenvalue weighted by molar-refractivity contribution is 7.78. The van der Waals surface area contributed by atoms with E-state index in [1.807, 2.05) is 4.72 Å². The first-order chi connectivity index (χ1) is 12.1. The maximum absolute atomic E-state index is 14.4. The van der Waals surface area contributed by atoms with Crippen molar-refractivity contribution in [2.45, 2.75) is 0 Å². The summed E-state index contributed by atoms with van der Waals surface area (Å²) in [5, 5.41) is -0.314. The molecule has 0 aliphatic rings. The third-order valence-electron chi connectivity index (χ3n) is 3.38. The molecule has 2 rings (SSSR count). The van der Waals surface area contributed by atoms with Crippen molar-refractivity contribution in [2.24, 2.45) is 14.1 Å². The van der Waals surface area contributed by atoms with Gasteiger partial charge < -0.3 is 0 Å². The van der Waals surface area contributed by atoms with E-state index in [2.05, 4.69) is 4.18 Å². The average molecular weight is 423 g/mol. The maximum atomic E-state index is 14.4. The molecule has 0 saturated carbocycles. The standard InChI is InChI=1S/C13H12ClFN4O5S2/c1-17-11(21)19(12(22)18(2)13(17)25)9-4-6(7(14)5-8(9)15)10(20)16-26(23)24-3/h4-5H,1-3H3,(H,16,20). The summed E-state index contributed by atoms with van der Waals surface area (Å²) in [6.07, 6.45) is 0. The number of carbonyl (C=O) groups is 1. The molecular formula is C13H12ClFN4O5S2. The molecule has 0 bridgehead atoms. The van der Waals surface area contributed by atoms with Gasteiger partial charge in [-0.2, -0.15) is 0 Å². The largest absolute Gasteiger partial charge is 0.338 e. The highest BCUT2D eigenvalue weighted by Crippen LogP contribution is 2.22. The van der Waals surface area contributed by atoms with Crippen molar-refractivity contribution in [3.8, 4) is 5.69 Å². The van der Waals surface area contributed by atoms with Gasteiger partial charge in [0.15, 0.2) is 4.77 Å². The van der Waals surface area contributed by atoms with E-state index in [1.165, 1.54) is 14.1 Å². The molecule has 1 aromatic heterocycles. The van der Waals surface area contributed by atoms with Gasteiger partial charge in [-0.3, -0.25) is 18.1 Å². The van der Waals surface area contributed by atoms with E-state index >= 15 is 0 Å². The van der Waals surface area contributed by atoms with Crippen LogP contribution in [0.2, 0.25) is 5.02 Å². The Bertz CT molecular complexity index is 1070. The molecule has 1 unspecified atom stereocenters. The van der Waals surface area contributed by atoms with Crippen LogP contribution in [0.1, 0.15) is 10.4 Å². The Kier molecular flexibility index (Phi) is 5.91. The van der Waals surface area contributed by atoms with Crippen LogP contribution < -0.4 is 16.1 Å². The molecule has 0 aliphatic carbocycles. The quantitative estimate of drug-likeness (QED) is 0.713. The van der Waals surface area contributed by atoms with Crippen LogP contribution in [0.15, 0.2) is 21.7 Å². The molecule has 0 fully saturated rings. The number of nitrogens with zero attached hydrogens (tertiary/aromatic N) is 3. The minimum Gasteiger partial charge on any atom is -0.277 e. The van der Waals surface area contributed by atoms with Gasteiger partial charge in [0.2, 0.25) is 0 Å². The first-order valence-electron chi connectivity index (χ1n) is 6.75. The van der Waals surface area contributed by atoms with Crippen LogP contribution in [0, 0.1) is 10.6 Å². The zero-order chi connectivity index (χ0) is 19.8. The molecule has 0 radical (unpaired) electrons. The Hall–Kier alpha value is -2.15. The second-order valence-electron chi connectivity index (χ2n) is 4.92. The number of nitrogens with one attached hydrogen (secondary N) is 1. The molecule has 2 aromatic rings. The lowest BCUT2D eigenvalue weighted by atomic mass is 10.2. The van der Waals surface area contributed by atoms with Crippen LogP contribution in [0.25, 0.3) is 5.69 Å². The van der Waals surface area contributed by atoms with Gasteiger partial charge in [-0.15, -0.1) is 0 Å². The van der Waals surface area contributed by atoms with Gasteiger partial charge in [0, 0.05) is 14.1 Å². The second kappa shape index (κ2) is 7.61. The number of rotatable bonds is 4. The molecule has 1 aromatic carbocycles. The highest BCUT2D eigenvalue weighted by Gasteiger charge is 2.20. The molecule has 140 valence electrons. The van der Waals surface area contributed by atoms with Crippen molar-refractivity contribution < 1.29 is 17.6 Å². The lowest BCUT2D eigenvalue weighted by molar-refractivity contribution is 0.0980. The zero-order valence-electron chi connectivity index (χ0n) is 13.6. The summed E-state index contributed by atoms with van der Waals surface area (Å²) in [4.78, 5) is 36.9. The van der Waals surface area contributed by atoms with Gasteiger partial charge in [0.25, 0.3) is 17.2 Å². The Morgan fingerprint density at radius 3 is 2.31 bits per heavy atom. The number of amides is 1. The summed E-state index contributed by atoms with van der Waals surface area (Å²) in [7, 11) is 3.71. The summed E-state index contributed by atoms with van der Waals surface area (Å²) in [5.41, 5.74) is -2.65. The van der Waals surface area contributed by atoms with E-state index in [0.29, 0.717) is 4.57 Å². The smallest absolute Gasteiger partial charge is 0.277 e. The fourth-order valence-electron chi connectivity index (χ4n) is 2.03. The Morgan fingerprint density at radius 2 is 1.81 bits per heavy atom.